The van der Waals surface area contributed by atoms with Gasteiger partial charge in [-0.25, -0.2) is 0 Å². The highest BCUT2D eigenvalue weighted by atomic mass is 19.1. The summed E-state index contributed by atoms with van der Waals surface area (Å²) in [7, 11) is 11.8. The van der Waals surface area contributed by atoms with E-state index in [1.807, 2.05) is 59.5 Å². The van der Waals surface area contributed by atoms with Crippen LogP contribution in [0.25, 0.3) is 0 Å². The van der Waals surface area contributed by atoms with Crippen molar-refractivity contribution in [2.45, 2.75) is 24.5 Å². The van der Waals surface area contributed by atoms with Gasteiger partial charge in [0.25, 0.3) is 0 Å². The normalized spacial score (nSPS) is 15.6. The molecule has 0 aromatic heterocycles. The van der Waals surface area contributed by atoms with Crippen LogP contribution in [0.5, 0.6) is 11.5 Å². The van der Waals surface area contributed by atoms with Crippen LogP contribution in [-0.4, -0.2) is 51.8 Å². The second-order valence-corrected chi connectivity index (χ2v) is 6.32. The highest BCUT2D eigenvalue weighted by molar-refractivity contribution is 6.40. The van der Waals surface area contributed by atoms with E-state index in [4.69, 9.17) is 25.2 Å². The summed E-state index contributed by atoms with van der Waals surface area (Å²) in [6.45, 7) is 1.19. The van der Waals surface area contributed by atoms with Gasteiger partial charge in [-0.1, -0.05) is 35.7 Å². The monoisotopic (exact) mass is 335 g/mol. The summed E-state index contributed by atoms with van der Waals surface area (Å²) in [4.78, 5) is 1.83. The van der Waals surface area contributed by atoms with Crippen molar-refractivity contribution in [1.29, 1.82) is 0 Å². The third kappa shape index (κ3) is 4.79. The van der Waals surface area contributed by atoms with Gasteiger partial charge in [0.2, 0.25) is 0 Å². The van der Waals surface area contributed by atoms with Crippen molar-refractivity contribution < 1.29 is 13.9 Å². The first-order chi connectivity index (χ1) is 12.1. The minimum absolute atomic E-state index is 0.0159. The molecule has 2 aromatic rings. The molecule has 1 fully saturated rings. The number of rotatable bonds is 8. The van der Waals surface area contributed by atoms with Crippen molar-refractivity contribution in [3.05, 3.63) is 60.2 Å². The molecule has 0 aliphatic carbocycles. The molecule has 4 radical (unpaired) electrons. The summed E-state index contributed by atoms with van der Waals surface area (Å²) in [5.41, 5.74) is 1.12. The first-order valence-electron chi connectivity index (χ1n) is 8.39. The third-order valence-corrected chi connectivity index (χ3v) is 4.31. The highest BCUT2D eigenvalue weighted by Gasteiger charge is 2.37. The Morgan fingerprint density at radius 1 is 1.00 bits per heavy atom. The zero-order valence-electron chi connectivity index (χ0n) is 14.1. The number of nitrogens with zero attached hydrogens (tertiary/aromatic N) is 1. The molecule has 1 saturated heterocycles. The maximum atomic E-state index is 12.4. The predicted octanol–water partition coefficient (Wildman–Crippen LogP) is 2.68. The van der Waals surface area contributed by atoms with Gasteiger partial charge in [0, 0.05) is 13.1 Å². The highest BCUT2D eigenvalue weighted by Crippen LogP contribution is 2.25. The molecule has 3 rings (SSSR count). The summed E-state index contributed by atoms with van der Waals surface area (Å²) in [6.07, 6.45) is 0.134. The molecule has 25 heavy (non-hydrogen) atoms. The molecule has 0 spiro atoms. The van der Waals surface area contributed by atoms with Crippen LogP contribution >= 0.6 is 0 Å². The summed E-state index contributed by atoms with van der Waals surface area (Å²) in [5, 5.41) is -1.09. The summed E-state index contributed by atoms with van der Waals surface area (Å²) < 4.78 is 24.1. The average molecular weight is 335 g/mol. The number of ether oxygens (including phenoxy) is 2. The largest absolute Gasteiger partial charge is 0.489 e. The number of alkyl halides is 1. The van der Waals surface area contributed by atoms with E-state index in [-0.39, 0.29) is 12.5 Å². The molecule has 0 bridgehead atoms. The minimum atomic E-state index is -1.09. The van der Waals surface area contributed by atoms with Crippen molar-refractivity contribution in [2.75, 3.05) is 19.8 Å². The number of hydrogen-bond acceptors (Lipinski definition) is 3. The van der Waals surface area contributed by atoms with Crippen LogP contribution in [0, 0.1) is 0 Å². The van der Waals surface area contributed by atoms with E-state index in [2.05, 4.69) is 0 Å². The van der Waals surface area contributed by atoms with Crippen molar-refractivity contribution >= 4 is 15.7 Å². The van der Waals surface area contributed by atoms with Crippen LogP contribution in [0.2, 0.25) is 0 Å². The van der Waals surface area contributed by atoms with Crippen molar-refractivity contribution in [1.82, 2.24) is 4.90 Å². The van der Waals surface area contributed by atoms with Gasteiger partial charge in [0.15, 0.2) is 0 Å². The summed E-state index contributed by atoms with van der Waals surface area (Å²) in [6, 6.07) is 17.5. The molecular weight excluding hydrogens is 315 g/mol. The minimum Gasteiger partial charge on any atom is -0.489 e. The van der Waals surface area contributed by atoms with E-state index in [0.29, 0.717) is 19.7 Å². The molecule has 126 valence electrons. The van der Waals surface area contributed by atoms with E-state index in [1.165, 1.54) is 0 Å². The molecular formula is C19H20B2FNO2. The number of hydrogen-bond donors (Lipinski definition) is 0. The second kappa shape index (κ2) is 7.96. The summed E-state index contributed by atoms with van der Waals surface area (Å²) in [5.74, 6) is 1.55. The van der Waals surface area contributed by atoms with Gasteiger partial charge in [-0.15, -0.1) is 0 Å². The molecule has 0 N–H and O–H groups in total. The topological polar surface area (TPSA) is 21.7 Å². The molecule has 0 atom stereocenters. The Hall–Kier alpha value is -1.94. The smallest absolute Gasteiger partial charge is 0.124 e. The van der Waals surface area contributed by atoms with E-state index in [0.717, 1.165) is 17.1 Å². The fourth-order valence-electron chi connectivity index (χ4n) is 2.71. The fourth-order valence-corrected chi connectivity index (χ4v) is 2.71. The Balaban J connectivity index is 1.44. The van der Waals surface area contributed by atoms with Gasteiger partial charge < -0.3 is 14.4 Å². The molecule has 2 aromatic carbocycles. The summed E-state index contributed by atoms with van der Waals surface area (Å²) >= 11 is 0. The van der Waals surface area contributed by atoms with Crippen molar-refractivity contribution in [3.63, 3.8) is 0 Å². The van der Waals surface area contributed by atoms with Crippen LogP contribution in [-0.2, 0) is 6.61 Å². The predicted molar refractivity (Wildman–Crippen MR) is 98.0 cm³/mol. The molecule has 1 aliphatic heterocycles. The Kier molecular flexibility index (Phi) is 5.69. The maximum Gasteiger partial charge on any atom is 0.124 e. The molecule has 3 nitrogen and oxygen atoms in total. The number of likely N-dealkylation sites (tertiary alicyclic amines) is 1. The van der Waals surface area contributed by atoms with Crippen LogP contribution < -0.4 is 9.47 Å². The fraction of sp³-hybridized carbons (Fsp3) is 0.368. The zero-order chi connectivity index (χ0) is 17.7. The SMILES string of the molecule is [B]C([B])(CCF)N1CC(Oc2ccc(OCc3ccccc3)cc2)C1. The van der Waals surface area contributed by atoms with Crippen LogP contribution in [0.1, 0.15) is 12.0 Å². The zero-order valence-corrected chi connectivity index (χ0v) is 14.1. The molecule has 6 heteroatoms. The van der Waals surface area contributed by atoms with E-state index in [9.17, 15) is 4.39 Å². The van der Waals surface area contributed by atoms with E-state index >= 15 is 0 Å². The van der Waals surface area contributed by atoms with Gasteiger partial charge >= 0.3 is 0 Å². The van der Waals surface area contributed by atoms with Gasteiger partial charge in [-0.3, -0.25) is 4.39 Å². The van der Waals surface area contributed by atoms with Crippen LogP contribution in [0.15, 0.2) is 54.6 Å². The Labute approximate surface area is 150 Å². The molecule has 0 amide bonds. The second-order valence-electron chi connectivity index (χ2n) is 6.32. The quantitative estimate of drug-likeness (QED) is 0.693. The lowest BCUT2D eigenvalue weighted by Crippen LogP contribution is -2.64. The number of benzene rings is 2. The molecule has 1 heterocycles. The van der Waals surface area contributed by atoms with Crippen molar-refractivity contribution in [2.24, 2.45) is 0 Å². The molecule has 0 unspecified atom stereocenters. The Morgan fingerprint density at radius 3 is 2.28 bits per heavy atom. The number of halogens is 1. The van der Waals surface area contributed by atoms with Gasteiger partial charge in [-0.2, -0.15) is 0 Å². The molecule has 0 saturated carbocycles. The van der Waals surface area contributed by atoms with Crippen LogP contribution in [0.3, 0.4) is 0 Å². The standard InChI is InChI=1S/C19H20B2FNO2/c20-19(21,10-11-22)23-12-18(13-23)25-17-8-6-16(7-9-17)24-14-15-4-2-1-3-5-15/h1-9,18H,10-14H2. The van der Waals surface area contributed by atoms with Gasteiger partial charge in [-0.05, 0) is 36.2 Å². The van der Waals surface area contributed by atoms with E-state index in [1.54, 1.807) is 0 Å². The average Bonchev–Trinajstić information content (AvgIpc) is 2.57. The molecule has 1 aliphatic rings. The van der Waals surface area contributed by atoms with Crippen LogP contribution in [0.4, 0.5) is 4.39 Å². The van der Waals surface area contributed by atoms with Gasteiger partial charge in [0.05, 0.1) is 22.4 Å². The lowest BCUT2D eigenvalue weighted by atomic mass is 9.58. The van der Waals surface area contributed by atoms with Gasteiger partial charge in [0.1, 0.15) is 24.2 Å². The Bertz CT molecular complexity index is 661. The maximum absolute atomic E-state index is 12.4. The van der Waals surface area contributed by atoms with Crippen molar-refractivity contribution in [3.8, 4) is 11.5 Å². The lowest BCUT2D eigenvalue weighted by molar-refractivity contribution is -0.00399. The first kappa shape index (κ1) is 17.9. The lowest BCUT2D eigenvalue weighted by Gasteiger charge is -2.49. The third-order valence-electron chi connectivity index (χ3n) is 4.31. The first-order valence-corrected chi connectivity index (χ1v) is 8.39. The Morgan fingerprint density at radius 2 is 1.64 bits per heavy atom. The van der Waals surface area contributed by atoms with E-state index < -0.39 is 12.0 Å².